The summed E-state index contributed by atoms with van der Waals surface area (Å²) in [4.78, 5) is 2.46. The van der Waals surface area contributed by atoms with Crippen LogP contribution in [0.4, 0.5) is 17.1 Å². The molecular weight excluding hydrogens is 755 g/mol. The molecule has 0 spiro atoms. The van der Waals surface area contributed by atoms with Gasteiger partial charge in [0.25, 0.3) is 0 Å². The lowest BCUT2D eigenvalue weighted by Crippen LogP contribution is -2.10. The lowest BCUT2D eigenvalue weighted by Gasteiger charge is -2.26. The smallest absolute Gasteiger partial charge is 0.0562 e. The van der Waals surface area contributed by atoms with Crippen molar-refractivity contribution in [2.45, 2.75) is 0 Å². The topological polar surface area (TPSA) is 13.1 Å². The average molecular weight is 788 g/mol. The molecular formula is C54H33N3S2. The summed E-state index contributed by atoms with van der Waals surface area (Å²) in [6.45, 7) is 0. The van der Waals surface area contributed by atoms with Gasteiger partial charge in [-0.1, -0.05) is 103 Å². The second kappa shape index (κ2) is 12.7. The molecule has 276 valence electrons. The zero-order chi connectivity index (χ0) is 38.6. The minimum absolute atomic E-state index is 1.11. The summed E-state index contributed by atoms with van der Waals surface area (Å²) in [6.07, 6.45) is 0. The molecule has 0 aliphatic rings. The molecule has 4 heterocycles. The summed E-state index contributed by atoms with van der Waals surface area (Å²) in [7, 11) is 0. The highest BCUT2D eigenvalue weighted by Crippen LogP contribution is 2.47. The highest BCUT2D eigenvalue weighted by atomic mass is 32.1. The summed E-state index contributed by atoms with van der Waals surface area (Å²) in [5, 5.41) is 10.2. The second-order valence-corrected chi connectivity index (χ2v) is 17.4. The molecule has 5 heteroatoms. The average Bonchev–Trinajstić information content (AvgIpc) is 4.04. The molecule has 0 unspecified atom stereocenters. The maximum atomic E-state index is 2.46. The van der Waals surface area contributed by atoms with Crippen LogP contribution in [-0.4, -0.2) is 9.13 Å². The zero-order valence-corrected chi connectivity index (χ0v) is 33.3. The van der Waals surface area contributed by atoms with Crippen LogP contribution in [0.3, 0.4) is 0 Å². The van der Waals surface area contributed by atoms with Crippen LogP contribution < -0.4 is 4.90 Å². The summed E-state index contributed by atoms with van der Waals surface area (Å²) in [6, 6.07) is 73.7. The fourth-order valence-electron chi connectivity index (χ4n) is 9.52. The number of fused-ring (bicyclic) bond motifs is 13. The van der Waals surface area contributed by atoms with E-state index in [-0.39, 0.29) is 0 Å². The molecule has 0 atom stereocenters. The lowest BCUT2D eigenvalue weighted by atomic mass is 10.1. The predicted molar refractivity (Wildman–Crippen MR) is 256 cm³/mol. The van der Waals surface area contributed by atoms with Gasteiger partial charge in [0.15, 0.2) is 0 Å². The van der Waals surface area contributed by atoms with Gasteiger partial charge in [0.2, 0.25) is 0 Å². The Hall–Kier alpha value is -7.18. The number of para-hydroxylation sites is 3. The van der Waals surface area contributed by atoms with E-state index in [0.29, 0.717) is 0 Å². The van der Waals surface area contributed by atoms with Gasteiger partial charge in [-0.25, -0.2) is 0 Å². The summed E-state index contributed by atoms with van der Waals surface area (Å²) in [5.74, 6) is 0. The SMILES string of the molecule is c1ccc(-n2c3ccccc3c3cc(N(c4ccc5sc6ccccc6c5c4)c4ccc5c6c7sc8ccccc8c7ccc6n(-c6ccccc6)c5c4)ccc32)cc1. The van der Waals surface area contributed by atoms with Crippen LogP contribution in [0.25, 0.3) is 95.3 Å². The molecule has 0 radical (unpaired) electrons. The van der Waals surface area contributed by atoms with Crippen molar-refractivity contribution in [2.75, 3.05) is 4.90 Å². The standard InChI is InChI=1S/C54H33N3S2/c1-3-13-34(14-4-1)56-46-20-10-7-17-39(46)44-31-36(24-28-47(44)56)55(37-25-30-52-45(32-37)41-19-9-11-21-50(41)58-52)38-23-26-43-49(33-38)57(35-15-5-2-6-16-35)48-29-27-42-40-18-8-12-22-51(40)59-54(42)53(43)48/h1-33H. The molecule has 3 nitrogen and oxygen atoms in total. The van der Waals surface area contributed by atoms with Crippen molar-refractivity contribution >= 4 is 124 Å². The molecule has 0 aliphatic carbocycles. The molecule has 13 rings (SSSR count). The van der Waals surface area contributed by atoms with Gasteiger partial charge >= 0.3 is 0 Å². The fourth-order valence-corrected chi connectivity index (χ4v) is 11.9. The predicted octanol–water partition coefficient (Wildman–Crippen LogP) is 16.1. The van der Waals surface area contributed by atoms with Crippen molar-refractivity contribution < 1.29 is 0 Å². The van der Waals surface area contributed by atoms with E-state index in [1.54, 1.807) is 0 Å². The Morgan fingerprint density at radius 2 is 0.814 bits per heavy atom. The van der Waals surface area contributed by atoms with E-state index < -0.39 is 0 Å². The van der Waals surface area contributed by atoms with E-state index in [0.717, 1.165) is 28.4 Å². The van der Waals surface area contributed by atoms with Crippen LogP contribution in [0.2, 0.25) is 0 Å². The zero-order valence-electron chi connectivity index (χ0n) is 31.7. The Labute approximate surface area is 347 Å². The molecule has 59 heavy (non-hydrogen) atoms. The quantitative estimate of drug-likeness (QED) is 0.169. The van der Waals surface area contributed by atoms with Gasteiger partial charge in [-0.05, 0) is 97.1 Å². The molecule has 0 saturated carbocycles. The van der Waals surface area contributed by atoms with Crippen LogP contribution in [0.1, 0.15) is 0 Å². The van der Waals surface area contributed by atoms with E-state index >= 15 is 0 Å². The van der Waals surface area contributed by atoms with Crippen molar-refractivity contribution in [3.05, 3.63) is 200 Å². The second-order valence-electron chi connectivity index (χ2n) is 15.3. The van der Waals surface area contributed by atoms with E-state index in [1.807, 2.05) is 22.7 Å². The van der Waals surface area contributed by atoms with Gasteiger partial charge in [0.1, 0.15) is 0 Å². The van der Waals surface area contributed by atoms with Crippen molar-refractivity contribution in [3.63, 3.8) is 0 Å². The Kier molecular flexibility index (Phi) is 7.05. The summed E-state index contributed by atoms with van der Waals surface area (Å²) < 4.78 is 10.1. The molecule has 0 aliphatic heterocycles. The molecule has 0 bridgehead atoms. The number of aromatic nitrogens is 2. The molecule has 0 saturated heterocycles. The number of thiophene rings is 2. The van der Waals surface area contributed by atoms with Crippen molar-refractivity contribution in [1.82, 2.24) is 9.13 Å². The third-order valence-electron chi connectivity index (χ3n) is 12.1. The normalized spacial score (nSPS) is 12.1. The van der Waals surface area contributed by atoms with Crippen LogP contribution in [-0.2, 0) is 0 Å². The minimum Gasteiger partial charge on any atom is -0.310 e. The number of nitrogens with zero attached hydrogens (tertiary/aromatic N) is 3. The first kappa shape index (κ1) is 32.9. The van der Waals surface area contributed by atoms with E-state index in [2.05, 4.69) is 214 Å². The van der Waals surface area contributed by atoms with Crippen molar-refractivity contribution in [2.24, 2.45) is 0 Å². The summed E-state index contributed by atoms with van der Waals surface area (Å²) >= 11 is 3.76. The number of benzene rings is 9. The molecule has 9 aromatic carbocycles. The van der Waals surface area contributed by atoms with Gasteiger partial charge in [-0.3, -0.25) is 0 Å². The van der Waals surface area contributed by atoms with Gasteiger partial charge < -0.3 is 14.0 Å². The number of hydrogen-bond donors (Lipinski definition) is 0. The minimum atomic E-state index is 1.11. The van der Waals surface area contributed by atoms with Gasteiger partial charge in [-0.2, -0.15) is 0 Å². The first-order valence-electron chi connectivity index (χ1n) is 20.0. The highest BCUT2D eigenvalue weighted by Gasteiger charge is 2.22. The summed E-state index contributed by atoms with van der Waals surface area (Å²) in [5.41, 5.74) is 10.4. The Bertz CT molecular complexity index is 3790. The van der Waals surface area contributed by atoms with E-state index in [9.17, 15) is 0 Å². The van der Waals surface area contributed by atoms with E-state index in [4.69, 9.17) is 0 Å². The Balaban J connectivity index is 1.10. The van der Waals surface area contributed by atoms with Crippen LogP contribution >= 0.6 is 22.7 Å². The van der Waals surface area contributed by atoms with Crippen molar-refractivity contribution in [1.29, 1.82) is 0 Å². The van der Waals surface area contributed by atoms with Crippen molar-refractivity contribution in [3.8, 4) is 11.4 Å². The largest absolute Gasteiger partial charge is 0.310 e. The third-order valence-corrected chi connectivity index (χ3v) is 14.4. The molecule has 13 aromatic rings. The lowest BCUT2D eigenvalue weighted by molar-refractivity contribution is 1.17. The Morgan fingerprint density at radius 3 is 1.58 bits per heavy atom. The first-order valence-corrected chi connectivity index (χ1v) is 21.6. The van der Waals surface area contributed by atoms with Gasteiger partial charge in [0.05, 0.1) is 22.1 Å². The first-order chi connectivity index (χ1) is 29.3. The number of hydrogen-bond acceptors (Lipinski definition) is 3. The maximum absolute atomic E-state index is 2.46. The fraction of sp³-hybridized carbons (Fsp3) is 0. The Morgan fingerprint density at radius 1 is 0.305 bits per heavy atom. The van der Waals surface area contributed by atoms with Crippen LogP contribution in [0.15, 0.2) is 200 Å². The third kappa shape index (κ3) is 4.86. The van der Waals surface area contributed by atoms with Crippen LogP contribution in [0, 0.1) is 0 Å². The van der Waals surface area contributed by atoms with Gasteiger partial charge in [-0.15, -0.1) is 22.7 Å². The monoisotopic (exact) mass is 787 g/mol. The number of anilines is 3. The molecule has 0 N–H and O–H groups in total. The van der Waals surface area contributed by atoms with Crippen LogP contribution in [0.5, 0.6) is 0 Å². The van der Waals surface area contributed by atoms with E-state index in [1.165, 1.54) is 84.0 Å². The molecule has 0 amide bonds. The molecule has 4 aromatic heterocycles. The highest BCUT2D eigenvalue weighted by molar-refractivity contribution is 7.27. The molecule has 0 fully saturated rings. The van der Waals surface area contributed by atoms with Gasteiger partial charge in [0, 0.05) is 90.3 Å². The maximum Gasteiger partial charge on any atom is 0.0562 e. The number of rotatable bonds is 5.